The zero-order valence-electron chi connectivity index (χ0n) is 13.6. The van der Waals surface area contributed by atoms with Crippen molar-refractivity contribution in [3.63, 3.8) is 0 Å². The van der Waals surface area contributed by atoms with Crippen molar-refractivity contribution in [2.45, 2.75) is 6.10 Å². The first-order valence-corrected chi connectivity index (χ1v) is 8.58. The number of primary amides is 1. The third-order valence-corrected chi connectivity index (χ3v) is 4.70. The molecule has 1 atom stereocenters. The Balaban J connectivity index is 2.19. The smallest absolute Gasteiger partial charge is 0.323 e. The third kappa shape index (κ3) is 3.26. The lowest BCUT2D eigenvalue weighted by atomic mass is 9.90. The normalized spacial score (nSPS) is 16.0. The summed E-state index contributed by atoms with van der Waals surface area (Å²) >= 11 is 3.44. The molecule has 0 spiro atoms. The van der Waals surface area contributed by atoms with Crippen LogP contribution in [0.25, 0.3) is 5.57 Å². The summed E-state index contributed by atoms with van der Waals surface area (Å²) in [5.41, 5.74) is 7.93. The van der Waals surface area contributed by atoms with Gasteiger partial charge in [0.25, 0.3) is 0 Å². The highest BCUT2D eigenvalue weighted by atomic mass is 79.9. The van der Waals surface area contributed by atoms with Crippen LogP contribution in [0.3, 0.4) is 0 Å². The highest BCUT2D eigenvalue weighted by molar-refractivity contribution is 9.10. The number of anilines is 2. The lowest BCUT2D eigenvalue weighted by Crippen LogP contribution is -2.32. The van der Waals surface area contributed by atoms with E-state index in [1.165, 1.54) is 11.0 Å². The monoisotopic (exact) mass is 410 g/mol. The Labute approximate surface area is 158 Å². The first-order valence-electron chi connectivity index (χ1n) is 7.79. The number of aliphatic hydroxyl groups excluding tert-OH is 1. The van der Waals surface area contributed by atoms with E-state index < -0.39 is 12.1 Å². The van der Waals surface area contributed by atoms with E-state index in [0.717, 1.165) is 0 Å². The standard InChI is InChI=1S/C20H15BrN2O3/c21-16-9-2-4-11-18(16)23(20(22)26)17-10-3-1-7-14(17)15-8-5-6-13(12-24)19(15)25/h1-11,19,25H,(H2,22,26). The van der Waals surface area contributed by atoms with Crippen LogP contribution in [0, 0.1) is 0 Å². The fourth-order valence-electron chi connectivity index (χ4n) is 2.85. The van der Waals surface area contributed by atoms with Crippen LogP contribution in [-0.4, -0.2) is 23.2 Å². The van der Waals surface area contributed by atoms with Crippen LogP contribution in [0.2, 0.25) is 0 Å². The number of nitrogens with two attached hydrogens (primary N) is 1. The number of aliphatic hydroxyl groups is 1. The van der Waals surface area contributed by atoms with Gasteiger partial charge in [-0.15, -0.1) is 0 Å². The summed E-state index contributed by atoms with van der Waals surface area (Å²) in [6.07, 6.45) is 3.73. The van der Waals surface area contributed by atoms with E-state index in [9.17, 15) is 14.7 Å². The molecule has 1 aliphatic carbocycles. The molecule has 2 aromatic carbocycles. The van der Waals surface area contributed by atoms with E-state index in [1.54, 1.807) is 60.6 Å². The molecule has 6 heteroatoms. The number of urea groups is 1. The number of benzene rings is 2. The zero-order valence-corrected chi connectivity index (χ0v) is 15.2. The molecule has 0 heterocycles. The minimum absolute atomic E-state index is 0.129. The second kappa shape index (κ2) is 7.54. The van der Waals surface area contributed by atoms with E-state index >= 15 is 0 Å². The number of carbonyl (C=O) groups excluding carboxylic acids is 2. The quantitative estimate of drug-likeness (QED) is 0.755. The Kier molecular flexibility index (Phi) is 5.19. The Hall–Kier alpha value is -2.92. The number of amides is 2. The van der Waals surface area contributed by atoms with Gasteiger partial charge < -0.3 is 10.8 Å². The molecule has 1 aliphatic rings. The molecule has 2 amide bonds. The minimum atomic E-state index is -1.13. The van der Waals surface area contributed by atoms with Crippen LogP contribution < -0.4 is 10.6 Å². The Morgan fingerprint density at radius 3 is 2.42 bits per heavy atom. The van der Waals surface area contributed by atoms with Gasteiger partial charge in [0.05, 0.1) is 16.9 Å². The summed E-state index contributed by atoms with van der Waals surface area (Å²) in [4.78, 5) is 24.7. The van der Waals surface area contributed by atoms with Gasteiger partial charge in [-0.1, -0.05) is 42.5 Å². The summed E-state index contributed by atoms with van der Waals surface area (Å²) in [5, 5.41) is 10.5. The molecule has 2 aromatic rings. The van der Waals surface area contributed by atoms with Crippen LogP contribution in [0.4, 0.5) is 16.2 Å². The van der Waals surface area contributed by atoms with E-state index in [1.807, 2.05) is 6.07 Å². The molecular formula is C20H15BrN2O3. The van der Waals surface area contributed by atoms with Crippen molar-refractivity contribution in [3.05, 3.63) is 82.4 Å². The molecule has 3 N–H and O–H groups in total. The maximum atomic E-state index is 12.3. The predicted octanol–water partition coefficient (Wildman–Crippen LogP) is 3.74. The summed E-state index contributed by atoms with van der Waals surface area (Å²) in [7, 11) is 0. The fourth-order valence-corrected chi connectivity index (χ4v) is 3.31. The van der Waals surface area contributed by atoms with Crippen molar-refractivity contribution in [1.82, 2.24) is 0 Å². The molecule has 0 saturated carbocycles. The number of carbonyl (C=O) groups is 1. The summed E-state index contributed by atoms with van der Waals surface area (Å²) in [6, 6.07) is 13.6. The second-order valence-corrected chi connectivity index (χ2v) is 6.44. The van der Waals surface area contributed by atoms with Crippen LogP contribution in [-0.2, 0) is 4.79 Å². The van der Waals surface area contributed by atoms with Crippen LogP contribution in [0.5, 0.6) is 0 Å². The van der Waals surface area contributed by atoms with Crippen LogP contribution in [0.15, 0.2) is 76.8 Å². The van der Waals surface area contributed by atoms with Crippen molar-refractivity contribution in [1.29, 1.82) is 0 Å². The average molecular weight is 411 g/mol. The maximum absolute atomic E-state index is 12.3. The van der Waals surface area contributed by atoms with Crippen LogP contribution >= 0.6 is 15.9 Å². The van der Waals surface area contributed by atoms with Gasteiger partial charge in [0, 0.05) is 10.0 Å². The van der Waals surface area contributed by atoms with Gasteiger partial charge >= 0.3 is 6.03 Å². The molecule has 5 nitrogen and oxygen atoms in total. The topological polar surface area (TPSA) is 83.6 Å². The molecule has 0 aromatic heterocycles. The lowest BCUT2D eigenvalue weighted by Gasteiger charge is -2.27. The molecule has 3 rings (SSSR count). The summed E-state index contributed by atoms with van der Waals surface area (Å²) in [6.45, 7) is 0. The second-order valence-electron chi connectivity index (χ2n) is 5.58. The van der Waals surface area contributed by atoms with E-state index in [0.29, 0.717) is 27.0 Å². The number of hydrogen-bond acceptors (Lipinski definition) is 3. The maximum Gasteiger partial charge on any atom is 0.323 e. The van der Waals surface area contributed by atoms with Crippen molar-refractivity contribution in [3.8, 4) is 0 Å². The Morgan fingerprint density at radius 1 is 1.12 bits per heavy atom. The highest BCUT2D eigenvalue weighted by Crippen LogP contribution is 2.38. The number of nitrogens with zero attached hydrogens (tertiary/aromatic N) is 1. The molecule has 0 saturated heterocycles. The van der Waals surface area contributed by atoms with Gasteiger partial charge in [-0.2, -0.15) is 0 Å². The van der Waals surface area contributed by atoms with Gasteiger partial charge in [-0.25, -0.2) is 9.59 Å². The van der Waals surface area contributed by atoms with Crippen molar-refractivity contribution >= 4 is 44.9 Å². The van der Waals surface area contributed by atoms with Gasteiger partial charge in [-0.05, 0) is 45.8 Å². The van der Waals surface area contributed by atoms with Gasteiger partial charge in [0.15, 0.2) is 0 Å². The predicted molar refractivity (Wildman–Crippen MR) is 105 cm³/mol. The summed E-state index contributed by atoms with van der Waals surface area (Å²) < 4.78 is 0.695. The van der Waals surface area contributed by atoms with E-state index in [-0.39, 0.29) is 5.57 Å². The van der Waals surface area contributed by atoms with Crippen molar-refractivity contribution in [2.24, 2.45) is 5.73 Å². The number of para-hydroxylation sites is 2. The number of allylic oxidation sites excluding steroid dienone is 2. The number of rotatable bonds is 3. The van der Waals surface area contributed by atoms with Crippen molar-refractivity contribution < 1.29 is 14.7 Å². The third-order valence-electron chi connectivity index (χ3n) is 4.03. The Morgan fingerprint density at radius 2 is 1.77 bits per heavy atom. The zero-order chi connectivity index (χ0) is 18.7. The molecule has 1 unspecified atom stereocenters. The lowest BCUT2D eigenvalue weighted by molar-refractivity contribution is 0.256. The molecule has 0 aliphatic heterocycles. The number of halogens is 1. The first kappa shape index (κ1) is 17.9. The van der Waals surface area contributed by atoms with Crippen molar-refractivity contribution in [2.75, 3.05) is 4.90 Å². The molecule has 0 bridgehead atoms. The van der Waals surface area contributed by atoms with Gasteiger partial charge in [-0.3, -0.25) is 4.90 Å². The SMILES string of the molecule is NC(=O)N(c1ccccc1Br)c1ccccc1C1=CC=CC(=C=O)C1O. The molecule has 0 radical (unpaired) electrons. The largest absolute Gasteiger partial charge is 0.383 e. The molecule has 26 heavy (non-hydrogen) atoms. The van der Waals surface area contributed by atoms with Gasteiger partial charge in [0.1, 0.15) is 12.0 Å². The molecular weight excluding hydrogens is 396 g/mol. The highest BCUT2D eigenvalue weighted by Gasteiger charge is 2.26. The summed E-state index contributed by atoms with van der Waals surface area (Å²) in [5.74, 6) is 1.74. The van der Waals surface area contributed by atoms with E-state index in [2.05, 4.69) is 15.9 Å². The molecule has 0 fully saturated rings. The molecule has 130 valence electrons. The van der Waals surface area contributed by atoms with Crippen LogP contribution in [0.1, 0.15) is 5.56 Å². The van der Waals surface area contributed by atoms with E-state index in [4.69, 9.17) is 5.73 Å². The average Bonchev–Trinajstić information content (AvgIpc) is 2.64. The fraction of sp³-hybridized carbons (Fsp3) is 0.0500. The van der Waals surface area contributed by atoms with Gasteiger partial charge in [0.2, 0.25) is 0 Å². The Bertz CT molecular complexity index is 975. The first-order chi connectivity index (χ1) is 12.5. The minimum Gasteiger partial charge on any atom is -0.383 e. The number of hydrogen-bond donors (Lipinski definition) is 2.